The van der Waals surface area contributed by atoms with Gasteiger partial charge in [0.2, 0.25) is 0 Å². The number of piperidine rings is 1. The highest BCUT2D eigenvalue weighted by molar-refractivity contribution is 5.64. The molecule has 1 aliphatic rings. The Morgan fingerprint density at radius 2 is 2.32 bits per heavy atom. The average Bonchev–Trinajstić information content (AvgIpc) is 2.88. The Kier molecular flexibility index (Phi) is 3.60. The Hall–Kier alpha value is -1.68. The highest BCUT2D eigenvalue weighted by Gasteiger charge is 2.18. The van der Waals surface area contributed by atoms with Gasteiger partial charge < -0.3 is 9.84 Å². The van der Waals surface area contributed by atoms with Gasteiger partial charge >= 0.3 is 0 Å². The Morgan fingerprint density at radius 1 is 1.37 bits per heavy atom. The molecule has 1 fully saturated rings. The normalized spacial score (nSPS) is 19.5. The number of aromatic nitrogens is 1. The van der Waals surface area contributed by atoms with Crippen LogP contribution in [0.2, 0.25) is 0 Å². The first kappa shape index (κ1) is 12.4. The van der Waals surface area contributed by atoms with Crippen molar-refractivity contribution in [2.24, 2.45) is 0 Å². The van der Waals surface area contributed by atoms with E-state index in [1.807, 2.05) is 6.07 Å². The zero-order chi connectivity index (χ0) is 13.1. The minimum Gasteiger partial charge on any atom is -0.361 e. The summed E-state index contributed by atoms with van der Waals surface area (Å²) >= 11 is 0. The van der Waals surface area contributed by atoms with Gasteiger partial charge in [-0.25, -0.2) is 4.39 Å². The molecule has 2 aromatic rings. The quantitative estimate of drug-likeness (QED) is 0.921. The van der Waals surface area contributed by atoms with Gasteiger partial charge in [0.25, 0.3) is 0 Å². The molecule has 1 saturated heterocycles. The second-order valence-corrected chi connectivity index (χ2v) is 5.02. The molecule has 100 valence electrons. The van der Waals surface area contributed by atoms with E-state index in [0.717, 1.165) is 36.3 Å². The van der Waals surface area contributed by atoms with Gasteiger partial charge in [-0.1, -0.05) is 23.7 Å². The van der Waals surface area contributed by atoms with Crippen LogP contribution in [0.25, 0.3) is 11.1 Å². The summed E-state index contributed by atoms with van der Waals surface area (Å²) in [4.78, 5) is 0. The van der Waals surface area contributed by atoms with Crippen molar-refractivity contribution in [3.63, 3.8) is 0 Å². The van der Waals surface area contributed by atoms with Gasteiger partial charge in [0, 0.05) is 18.0 Å². The molecule has 0 saturated carbocycles. The van der Waals surface area contributed by atoms with Crippen LogP contribution in [0.15, 0.2) is 35.0 Å². The lowest BCUT2D eigenvalue weighted by atomic mass is 9.97. The number of nitrogens with zero attached hydrogens (tertiary/aromatic N) is 1. The summed E-state index contributed by atoms with van der Waals surface area (Å²) in [6.45, 7) is 1.06. The standard InChI is InChI=1S/C15H17FN2O/c16-12-5-3-4-11(8-12)14-10-18-19-15(14)9-13-6-1-2-7-17-13/h3-5,8,10,13,17H,1-2,6-7,9H2. The van der Waals surface area contributed by atoms with Crippen LogP contribution in [0.1, 0.15) is 25.0 Å². The van der Waals surface area contributed by atoms with Gasteiger partial charge in [-0.05, 0) is 37.1 Å². The van der Waals surface area contributed by atoms with Crippen molar-refractivity contribution in [2.45, 2.75) is 31.7 Å². The molecule has 19 heavy (non-hydrogen) atoms. The van der Waals surface area contributed by atoms with Crippen LogP contribution < -0.4 is 5.32 Å². The van der Waals surface area contributed by atoms with Gasteiger partial charge in [0.05, 0.1) is 6.20 Å². The van der Waals surface area contributed by atoms with E-state index < -0.39 is 0 Å². The van der Waals surface area contributed by atoms with Crippen LogP contribution in [-0.4, -0.2) is 17.7 Å². The maximum Gasteiger partial charge on any atom is 0.146 e. The monoisotopic (exact) mass is 260 g/mol. The van der Waals surface area contributed by atoms with Crippen molar-refractivity contribution in [2.75, 3.05) is 6.54 Å². The third kappa shape index (κ3) is 2.84. The number of hydrogen-bond donors (Lipinski definition) is 1. The summed E-state index contributed by atoms with van der Waals surface area (Å²) < 4.78 is 18.6. The molecule has 3 rings (SSSR count). The van der Waals surface area contributed by atoms with E-state index >= 15 is 0 Å². The summed E-state index contributed by atoms with van der Waals surface area (Å²) in [5, 5.41) is 7.35. The molecule has 1 unspecified atom stereocenters. The third-order valence-electron chi connectivity index (χ3n) is 3.62. The fourth-order valence-electron chi connectivity index (χ4n) is 2.62. The Balaban J connectivity index is 1.81. The number of hydrogen-bond acceptors (Lipinski definition) is 3. The van der Waals surface area contributed by atoms with Gasteiger partial charge in [0.1, 0.15) is 11.6 Å². The van der Waals surface area contributed by atoms with E-state index in [0.29, 0.717) is 6.04 Å². The van der Waals surface area contributed by atoms with Crippen LogP contribution in [0, 0.1) is 5.82 Å². The van der Waals surface area contributed by atoms with E-state index in [-0.39, 0.29) is 5.82 Å². The number of benzene rings is 1. The van der Waals surface area contributed by atoms with Crippen molar-refractivity contribution < 1.29 is 8.91 Å². The number of nitrogens with one attached hydrogen (secondary N) is 1. The number of halogens is 1. The molecular formula is C15H17FN2O. The predicted octanol–water partition coefficient (Wildman–Crippen LogP) is 3.17. The van der Waals surface area contributed by atoms with Crippen molar-refractivity contribution in [1.29, 1.82) is 0 Å². The molecule has 0 spiro atoms. The Morgan fingerprint density at radius 3 is 3.11 bits per heavy atom. The van der Waals surface area contributed by atoms with Crippen molar-refractivity contribution in [3.05, 3.63) is 42.0 Å². The molecular weight excluding hydrogens is 243 g/mol. The minimum atomic E-state index is -0.236. The maximum absolute atomic E-state index is 13.3. The molecule has 1 aromatic carbocycles. The van der Waals surface area contributed by atoms with Crippen molar-refractivity contribution >= 4 is 0 Å². The van der Waals surface area contributed by atoms with E-state index in [1.165, 1.54) is 25.0 Å². The number of rotatable bonds is 3. The summed E-state index contributed by atoms with van der Waals surface area (Å²) in [5.74, 6) is 0.602. The van der Waals surface area contributed by atoms with Gasteiger partial charge in [0.15, 0.2) is 0 Å². The average molecular weight is 260 g/mol. The predicted molar refractivity (Wildman–Crippen MR) is 71.2 cm³/mol. The third-order valence-corrected chi connectivity index (χ3v) is 3.62. The molecule has 0 bridgehead atoms. The van der Waals surface area contributed by atoms with Crippen LogP contribution in [0.4, 0.5) is 4.39 Å². The molecule has 0 radical (unpaired) electrons. The molecule has 2 heterocycles. The molecule has 3 nitrogen and oxygen atoms in total. The summed E-state index contributed by atoms with van der Waals surface area (Å²) in [6.07, 6.45) is 6.13. The second kappa shape index (κ2) is 5.53. The van der Waals surface area contributed by atoms with Gasteiger partial charge in [-0.3, -0.25) is 0 Å². The van der Waals surface area contributed by atoms with Crippen molar-refractivity contribution in [3.8, 4) is 11.1 Å². The van der Waals surface area contributed by atoms with Crippen LogP contribution in [-0.2, 0) is 6.42 Å². The first-order chi connectivity index (χ1) is 9.33. The van der Waals surface area contributed by atoms with Crippen LogP contribution >= 0.6 is 0 Å². The molecule has 4 heteroatoms. The first-order valence-electron chi connectivity index (χ1n) is 6.76. The Labute approximate surface area is 111 Å². The van der Waals surface area contributed by atoms with Gasteiger partial charge in [-0.15, -0.1) is 0 Å². The fraction of sp³-hybridized carbons (Fsp3) is 0.400. The van der Waals surface area contributed by atoms with Crippen LogP contribution in [0.5, 0.6) is 0 Å². The fourth-order valence-corrected chi connectivity index (χ4v) is 2.62. The van der Waals surface area contributed by atoms with Crippen LogP contribution in [0.3, 0.4) is 0 Å². The minimum absolute atomic E-state index is 0.236. The topological polar surface area (TPSA) is 38.1 Å². The Bertz CT molecular complexity index is 547. The highest BCUT2D eigenvalue weighted by atomic mass is 19.1. The van der Waals surface area contributed by atoms with Gasteiger partial charge in [-0.2, -0.15) is 0 Å². The van der Waals surface area contributed by atoms with E-state index in [9.17, 15) is 4.39 Å². The molecule has 1 aromatic heterocycles. The molecule has 1 aliphatic heterocycles. The smallest absolute Gasteiger partial charge is 0.146 e. The molecule has 0 aliphatic carbocycles. The molecule has 0 amide bonds. The van der Waals surface area contributed by atoms with E-state index in [4.69, 9.17) is 4.52 Å². The zero-order valence-corrected chi connectivity index (χ0v) is 10.7. The lowest BCUT2D eigenvalue weighted by molar-refractivity contribution is 0.337. The highest BCUT2D eigenvalue weighted by Crippen LogP contribution is 2.26. The zero-order valence-electron chi connectivity index (χ0n) is 10.7. The van der Waals surface area contributed by atoms with E-state index in [2.05, 4.69) is 10.5 Å². The second-order valence-electron chi connectivity index (χ2n) is 5.02. The summed E-state index contributed by atoms with van der Waals surface area (Å²) in [7, 11) is 0. The first-order valence-corrected chi connectivity index (χ1v) is 6.76. The lowest BCUT2D eigenvalue weighted by Crippen LogP contribution is -2.35. The molecule has 1 N–H and O–H groups in total. The van der Waals surface area contributed by atoms with Crippen molar-refractivity contribution in [1.82, 2.24) is 10.5 Å². The summed E-state index contributed by atoms with van der Waals surface area (Å²) in [6, 6.07) is 6.99. The lowest BCUT2D eigenvalue weighted by Gasteiger charge is -2.22. The van der Waals surface area contributed by atoms with E-state index in [1.54, 1.807) is 12.3 Å². The maximum atomic E-state index is 13.3. The largest absolute Gasteiger partial charge is 0.361 e. The molecule has 1 atom stereocenters. The SMILES string of the molecule is Fc1cccc(-c2cnoc2CC2CCCCN2)c1. The summed E-state index contributed by atoms with van der Waals surface area (Å²) in [5.41, 5.74) is 1.72.